The molecule has 1 saturated heterocycles. The monoisotopic (exact) mass is 413 g/mol. The van der Waals surface area contributed by atoms with Crippen molar-refractivity contribution in [3.05, 3.63) is 80.2 Å². The number of thiocarbonyl (C=S) groups is 1. The highest BCUT2D eigenvalue weighted by atomic mass is 32.2. The van der Waals surface area contributed by atoms with Crippen LogP contribution in [0.15, 0.2) is 53.4 Å². The van der Waals surface area contributed by atoms with Crippen molar-refractivity contribution in [3.63, 3.8) is 0 Å². The Bertz CT molecular complexity index is 1030. The first kappa shape index (κ1) is 19.4. The van der Waals surface area contributed by atoms with Gasteiger partial charge in [0.25, 0.3) is 17.5 Å². The van der Waals surface area contributed by atoms with Crippen LogP contribution in [-0.2, 0) is 4.79 Å². The SMILES string of the molecule is O=Cc1ccc(C=C2SC(=S)N(NC(=O)c3ccccc3[N+](=O)[O-])C2=O)cc1. The molecular weight excluding hydrogens is 402 g/mol. The summed E-state index contributed by atoms with van der Waals surface area (Å²) in [7, 11) is 0. The fourth-order valence-corrected chi connectivity index (χ4v) is 3.55. The highest BCUT2D eigenvalue weighted by Gasteiger charge is 2.34. The van der Waals surface area contributed by atoms with Crippen LogP contribution < -0.4 is 5.43 Å². The molecule has 1 N–H and O–H groups in total. The van der Waals surface area contributed by atoms with E-state index in [-0.39, 0.29) is 20.5 Å². The Kier molecular flexibility index (Phi) is 5.62. The summed E-state index contributed by atoms with van der Waals surface area (Å²) in [5.74, 6) is -1.37. The maximum atomic E-state index is 12.6. The van der Waals surface area contributed by atoms with E-state index in [0.717, 1.165) is 16.8 Å². The van der Waals surface area contributed by atoms with Crippen molar-refractivity contribution >= 4 is 58.2 Å². The number of para-hydroxylation sites is 1. The number of carbonyl (C=O) groups excluding carboxylic acids is 3. The van der Waals surface area contributed by atoms with Gasteiger partial charge in [-0.15, -0.1) is 0 Å². The van der Waals surface area contributed by atoms with Crippen LogP contribution >= 0.6 is 24.0 Å². The second-order valence-corrected chi connectivity index (χ2v) is 7.19. The number of thioether (sulfide) groups is 1. The molecule has 1 heterocycles. The third kappa shape index (κ3) is 3.97. The third-order valence-corrected chi connectivity index (χ3v) is 5.02. The molecule has 0 radical (unpaired) electrons. The number of carbonyl (C=O) groups is 3. The lowest BCUT2D eigenvalue weighted by molar-refractivity contribution is -0.385. The zero-order valence-corrected chi connectivity index (χ0v) is 15.7. The first-order chi connectivity index (χ1) is 13.4. The number of amides is 2. The lowest BCUT2D eigenvalue weighted by atomic mass is 10.1. The van der Waals surface area contributed by atoms with E-state index in [1.54, 1.807) is 30.3 Å². The van der Waals surface area contributed by atoms with Crippen molar-refractivity contribution in [1.29, 1.82) is 0 Å². The Morgan fingerprint density at radius 3 is 2.43 bits per heavy atom. The molecule has 0 atom stereocenters. The van der Waals surface area contributed by atoms with E-state index < -0.39 is 16.7 Å². The van der Waals surface area contributed by atoms with Crippen LogP contribution in [0.25, 0.3) is 6.08 Å². The van der Waals surface area contributed by atoms with Gasteiger partial charge in [0.2, 0.25) is 0 Å². The van der Waals surface area contributed by atoms with Crippen molar-refractivity contribution in [3.8, 4) is 0 Å². The highest BCUT2D eigenvalue weighted by molar-refractivity contribution is 8.26. The molecule has 0 unspecified atom stereocenters. The lowest BCUT2D eigenvalue weighted by Gasteiger charge is -2.15. The molecule has 8 nitrogen and oxygen atoms in total. The number of hydrogen-bond acceptors (Lipinski definition) is 7. The van der Waals surface area contributed by atoms with Crippen molar-refractivity contribution < 1.29 is 19.3 Å². The quantitative estimate of drug-likeness (QED) is 0.264. The number of aldehydes is 1. The Morgan fingerprint density at radius 1 is 1.14 bits per heavy atom. The molecule has 1 aliphatic heterocycles. The predicted molar refractivity (Wildman–Crippen MR) is 107 cm³/mol. The standard InChI is InChI=1S/C18H11N3O5S2/c22-10-12-7-5-11(6-8-12)9-15-17(24)20(18(27)28-15)19-16(23)13-3-1-2-4-14(13)21(25)26/h1-10H,(H,19,23). The molecule has 140 valence electrons. The molecule has 2 aromatic carbocycles. The van der Waals surface area contributed by atoms with E-state index >= 15 is 0 Å². The summed E-state index contributed by atoms with van der Waals surface area (Å²) in [5, 5.41) is 12.0. The molecule has 3 rings (SSSR count). The number of nitrogens with zero attached hydrogens (tertiary/aromatic N) is 2. The lowest BCUT2D eigenvalue weighted by Crippen LogP contribution is -2.45. The minimum absolute atomic E-state index is 0.0905. The number of benzene rings is 2. The molecule has 0 spiro atoms. The van der Waals surface area contributed by atoms with Gasteiger partial charge >= 0.3 is 0 Å². The average molecular weight is 413 g/mol. The maximum Gasteiger partial charge on any atom is 0.285 e. The molecule has 1 fully saturated rings. The van der Waals surface area contributed by atoms with Gasteiger partial charge in [-0.1, -0.05) is 48.2 Å². The molecule has 28 heavy (non-hydrogen) atoms. The molecule has 0 aromatic heterocycles. The van der Waals surface area contributed by atoms with Gasteiger partial charge < -0.3 is 0 Å². The second-order valence-electron chi connectivity index (χ2n) is 5.52. The van der Waals surface area contributed by atoms with Crippen LogP contribution in [0.5, 0.6) is 0 Å². The van der Waals surface area contributed by atoms with Crippen molar-refractivity contribution in [2.24, 2.45) is 0 Å². The number of hydrogen-bond donors (Lipinski definition) is 1. The average Bonchev–Trinajstić information content (AvgIpc) is 2.95. The highest BCUT2D eigenvalue weighted by Crippen LogP contribution is 2.31. The molecule has 2 aromatic rings. The normalized spacial score (nSPS) is 15.0. The van der Waals surface area contributed by atoms with Crippen molar-refractivity contribution in [1.82, 2.24) is 10.4 Å². The Morgan fingerprint density at radius 2 is 1.79 bits per heavy atom. The van der Waals surface area contributed by atoms with E-state index in [9.17, 15) is 24.5 Å². The minimum Gasteiger partial charge on any atom is -0.298 e. The zero-order chi connectivity index (χ0) is 20.3. The van der Waals surface area contributed by atoms with E-state index in [1.807, 2.05) is 0 Å². The third-order valence-electron chi connectivity index (χ3n) is 3.72. The van der Waals surface area contributed by atoms with Crippen LogP contribution in [0.4, 0.5) is 5.69 Å². The minimum atomic E-state index is -0.819. The summed E-state index contributed by atoms with van der Waals surface area (Å²) >= 11 is 6.12. The predicted octanol–water partition coefficient (Wildman–Crippen LogP) is 2.95. The smallest absolute Gasteiger partial charge is 0.285 e. The molecule has 2 amide bonds. The summed E-state index contributed by atoms with van der Waals surface area (Å²) in [6.07, 6.45) is 2.28. The Hall–Kier alpha value is -3.37. The summed E-state index contributed by atoms with van der Waals surface area (Å²) in [6, 6.07) is 12.0. The van der Waals surface area contributed by atoms with Gasteiger partial charge in [-0.05, 0) is 29.9 Å². The number of rotatable bonds is 5. The first-order valence-corrected chi connectivity index (χ1v) is 9.01. The number of nitrogens with one attached hydrogen (secondary N) is 1. The Balaban J connectivity index is 1.80. The van der Waals surface area contributed by atoms with Gasteiger partial charge in [0.05, 0.1) is 9.83 Å². The molecule has 0 saturated carbocycles. The number of hydrazine groups is 1. The maximum absolute atomic E-state index is 12.6. The first-order valence-electron chi connectivity index (χ1n) is 7.78. The van der Waals surface area contributed by atoms with Crippen LogP contribution in [0, 0.1) is 10.1 Å². The van der Waals surface area contributed by atoms with Gasteiger partial charge in [0.15, 0.2) is 4.32 Å². The van der Waals surface area contributed by atoms with Gasteiger partial charge in [-0.25, -0.2) is 0 Å². The summed E-state index contributed by atoms with van der Waals surface area (Å²) in [6.45, 7) is 0. The summed E-state index contributed by atoms with van der Waals surface area (Å²) < 4.78 is 0.0905. The zero-order valence-electron chi connectivity index (χ0n) is 14.0. The van der Waals surface area contributed by atoms with Gasteiger partial charge in [-0.2, -0.15) is 5.01 Å². The fraction of sp³-hybridized carbons (Fsp3) is 0. The van der Waals surface area contributed by atoms with Gasteiger partial charge in [0, 0.05) is 11.6 Å². The largest absolute Gasteiger partial charge is 0.298 e. The molecular formula is C18H11N3O5S2. The van der Waals surface area contributed by atoms with Crippen LogP contribution in [-0.4, -0.2) is 32.4 Å². The second kappa shape index (κ2) is 8.11. The van der Waals surface area contributed by atoms with E-state index in [0.29, 0.717) is 17.4 Å². The Labute approximate surface area is 168 Å². The summed E-state index contributed by atoms with van der Waals surface area (Å²) in [5.41, 5.74) is 2.93. The topological polar surface area (TPSA) is 110 Å². The van der Waals surface area contributed by atoms with E-state index in [4.69, 9.17) is 12.2 Å². The summed E-state index contributed by atoms with van der Waals surface area (Å²) in [4.78, 5) is 46.4. The molecule has 10 heteroatoms. The van der Waals surface area contributed by atoms with Crippen molar-refractivity contribution in [2.45, 2.75) is 0 Å². The molecule has 1 aliphatic rings. The fourth-order valence-electron chi connectivity index (χ4n) is 2.37. The van der Waals surface area contributed by atoms with Crippen LogP contribution in [0.3, 0.4) is 0 Å². The number of nitro benzene ring substituents is 1. The van der Waals surface area contributed by atoms with Crippen molar-refractivity contribution in [2.75, 3.05) is 0 Å². The van der Waals surface area contributed by atoms with E-state index in [2.05, 4.69) is 5.43 Å². The van der Waals surface area contributed by atoms with E-state index in [1.165, 1.54) is 24.3 Å². The number of nitro groups is 1. The van der Waals surface area contributed by atoms with Gasteiger partial charge in [0.1, 0.15) is 11.8 Å². The van der Waals surface area contributed by atoms with Gasteiger partial charge in [-0.3, -0.25) is 29.9 Å². The molecule has 0 bridgehead atoms. The van der Waals surface area contributed by atoms with Crippen LogP contribution in [0.2, 0.25) is 0 Å². The van der Waals surface area contributed by atoms with Crippen LogP contribution in [0.1, 0.15) is 26.3 Å². The molecule has 0 aliphatic carbocycles.